The van der Waals surface area contributed by atoms with Crippen LogP contribution in [0.3, 0.4) is 0 Å². The maximum Gasteiger partial charge on any atom is 0.262 e. The first-order valence-electron chi connectivity index (χ1n) is 9.84. The lowest BCUT2D eigenvalue weighted by Gasteiger charge is -2.16. The molecule has 0 aliphatic heterocycles. The number of thioether (sulfide) groups is 1. The van der Waals surface area contributed by atoms with E-state index in [0.29, 0.717) is 28.2 Å². The Morgan fingerprint density at radius 2 is 1.82 bits per heavy atom. The average Bonchev–Trinajstić information content (AvgIpc) is 2.73. The van der Waals surface area contributed by atoms with Crippen molar-refractivity contribution in [3.63, 3.8) is 0 Å². The second kappa shape index (κ2) is 9.20. The third kappa shape index (κ3) is 4.36. The molecule has 0 saturated heterocycles. The minimum atomic E-state index is -0.326. The number of para-hydroxylation sites is 1. The second-order valence-corrected chi connectivity index (χ2v) is 8.20. The van der Waals surface area contributed by atoms with E-state index >= 15 is 0 Å². The van der Waals surface area contributed by atoms with Crippen molar-refractivity contribution < 1.29 is 4.79 Å². The van der Waals surface area contributed by atoms with Crippen molar-refractivity contribution in [1.29, 1.82) is 0 Å². The Labute approximate surface area is 170 Å². The Bertz CT molecular complexity index is 1020. The highest BCUT2D eigenvalue weighted by molar-refractivity contribution is 8.00. The van der Waals surface area contributed by atoms with Gasteiger partial charge in [-0.25, -0.2) is 4.98 Å². The van der Waals surface area contributed by atoms with Gasteiger partial charge in [-0.15, -0.1) is 0 Å². The molecule has 0 radical (unpaired) electrons. The molecule has 3 aromatic rings. The first kappa shape index (κ1) is 20.3. The van der Waals surface area contributed by atoms with Crippen LogP contribution in [-0.2, 0) is 13.0 Å². The molecule has 0 amide bonds. The van der Waals surface area contributed by atoms with Gasteiger partial charge in [-0.1, -0.05) is 68.4 Å². The van der Waals surface area contributed by atoms with Gasteiger partial charge in [-0.2, -0.15) is 0 Å². The van der Waals surface area contributed by atoms with Gasteiger partial charge in [0.05, 0.1) is 16.2 Å². The molecule has 146 valence electrons. The third-order valence-corrected chi connectivity index (χ3v) is 5.95. The Kier molecular flexibility index (Phi) is 6.68. The predicted octanol–water partition coefficient (Wildman–Crippen LogP) is 5.12. The summed E-state index contributed by atoms with van der Waals surface area (Å²) in [6.45, 7) is 6.68. The van der Waals surface area contributed by atoms with Gasteiger partial charge in [0.1, 0.15) is 0 Å². The number of carbonyl (C=O) groups is 1. The molecule has 2 aromatic carbocycles. The van der Waals surface area contributed by atoms with E-state index in [4.69, 9.17) is 4.98 Å². The molecule has 0 N–H and O–H groups in total. The van der Waals surface area contributed by atoms with E-state index in [1.807, 2.05) is 55.5 Å². The van der Waals surface area contributed by atoms with E-state index in [1.165, 1.54) is 17.3 Å². The maximum atomic E-state index is 13.0. The summed E-state index contributed by atoms with van der Waals surface area (Å²) in [6, 6.07) is 15.2. The lowest BCUT2D eigenvalue weighted by molar-refractivity contribution is 0.0994. The molecule has 1 heterocycles. The van der Waals surface area contributed by atoms with Gasteiger partial charge < -0.3 is 0 Å². The zero-order valence-corrected chi connectivity index (χ0v) is 17.5. The monoisotopic (exact) mass is 394 g/mol. The average molecular weight is 395 g/mol. The molecule has 1 aromatic heterocycles. The molecule has 3 rings (SSSR count). The first-order chi connectivity index (χ1) is 13.5. The van der Waals surface area contributed by atoms with Crippen molar-refractivity contribution in [3.05, 3.63) is 70.0 Å². The summed E-state index contributed by atoms with van der Waals surface area (Å²) in [7, 11) is 0. The molecule has 1 atom stereocenters. The van der Waals surface area contributed by atoms with E-state index in [2.05, 4.69) is 13.8 Å². The molecule has 0 bridgehead atoms. The highest BCUT2D eigenvalue weighted by Gasteiger charge is 2.20. The number of ketones is 1. The van der Waals surface area contributed by atoms with Crippen LogP contribution in [0.15, 0.2) is 58.5 Å². The Balaban J connectivity index is 1.92. The highest BCUT2D eigenvalue weighted by Crippen LogP contribution is 2.25. The number of aromatic nitrogens is 2. The fourth-order valence-corrected chi connectivity index (χ4v) is 4.11. The van der Waals surface area contributed by atoms with Gasteiger partial charge in [0, 0.05) is 12.1 Å². The topological polar surface area (TPSA) is 52.0 Å². The number of hydrogen-bond acceptors (Lipinski definition) is 4. The van der Waals surface area contributed by atoms with Gasteiger partial charge in [0.15, 0.2) is 10.9 Å². The number of nitrogens with zero attached hydrogens (tertiary/aromatic N) is 2. The van der Waals surface area contributed by atoms with Crippen LogP contribution in [-0.4, -0.2) is 20.6 Å². The fraction of sp³-hybridized carbons (Fsp3) is 0.348. The number of fused-ring (bicyclic) bond motifs is 1. The number of hydrogen-bond donors (Lipinski definition) is 0. The maximum absolute atomic E-state index is 13.0. The lowest BCUT2D eigenvalue weighted by atomic mass is 10.1. The Hall–Kier alpha value is -2.40. The fourth-order valence-electron chi connectivity index (χ4n) is 3.10. The van der Waals surface area contributed by atoms with Crippen molar-refractivity contribution in [1.82, 2.24) is 9.55 Å². The number of unbranched alkanes of at least 4 members (excludes halogenated alkanes) is 1. The predicted molar refractivity (Wildman–Crippen MR) is 116 cm³/mol. The van der Waals surface area contributed by atoms with Crippen LogP contribution >= 0.6 is 11.8 Å². The summed E-state index contributed by atoms with van der Waals surface area (Å²) in [5.41, 5.74) is 2.55. The summed E-state index contributed by atoms with van der Waals surface area (Å²) in [6.07, 6.45) is 2.83. The van der Waals surface area contributed by atoms with Crippen LogP contribution in [0, 0.1) is 0 Å². The molecule has 4 nitrogen and oxygen atoms in total. The van der Waals surface area contributed by atoms with Crippen LogP contribution < -0.4 is 5.56 Å². The lowest BCUT2D eigenvalue weighted by Crippen LogP contribution is -2.25. The zero-order valence-electron chi connectivity index (χ0n) is 16.6. The largest absolute Gasteiger partial charge is 0.293 e. The molecule has 0 saturated carbocycles. The van der Waals surface area contributed by atoms with Crippen molar-refractivity contribution in [2.75, 3.05) is 0 Å². The summed E-state index contributed by atoms with van der Waals surface area (Å²) < 4.78 is 1.72. The van der Waals surface area contributed by atoms with E-state index in [-0.39, 0.29) is 16.6 Å². The van der Waals surface area contributed by atoms with E-state index in [0.717, 1.165) is 19.3 Å². The quantitative estimate of drug-likeness (QED) is 0.302. The summed E-state index contributed by atoms with van der Waals surface area (Å²) >= 11 is 1.36. The van der Waals surface area contributed by atoms with Crippen molar-refractivity contribution in [2.24, 2.45) is 0 Å². The molecule has 0 fully saturated rings. The molecule has 28 heavy (non-hydrogen) atoms. The molecule has 0 unspecified atom stereocenters. The SMILES string of the molecule is CCCCn1c(S[C@@H](C)C(=O)c2ccc(CC)cc2)nc2ccccc2c1=O. The van der Waals surface area contributed by atoms with Crippen molar-refractivity contribution in [3.8, 4) is 0 Å². The number of aryl methyl sites for hydroxylation is 1. The number of Topliss-reactive ketones (excluding diaryl/α,β-unsaturated/α-hetero) is 1. The number of rotatable bonds is 8. The van der Waals surface area contributed by atoms with Crippen molar-refractivity contribution >= 4 is 28.4 Å². The van der Waals surface area contributed by atoms with Crippen LogP contribution in [0.5, 0.6) is 0 Å². The van der Waals surface area contributed by atoms with Crippen LogP contribution in [0.1, 0.15) is 49.5 Å². The Morgan fingerprint density at radius 3 is 2.50 bits per heavy atom. The van der Waals surface area contributed by atoms with Gasteiger partial charge in [-0.05, 0) is 37.5 Å². The summed E-state index contributed by atoms with van der Waals surface area (Å²) in [5, 5.41) is 0.911. The second-order valence-electron chi connectivity index (χ2n) is 6.90. The molecule has 5 heteroatoms. The summed E-state index contributed by atoms with van der Waals surface area (Å²) in [4.78, 5) is 30.6. The van der Waals surface area contributed by atoms with E-state index in [9.17, 15) is 9.59 Å². The van der Waals surface area contributed by atoms with Gasteiger partial charge >= 0.3 is 0 Å². The Morgan fingerprint density at radius 1 is 1.11 bits per heavy atom. The minimum Gasteiger partial charge on any atom is -0.293 e. The third-order valence-electron chi connectivity index (χ3n) is 4.86. The van der Waals surface area contributed by atoms with Crippen LogP contribution in [0.2, 0.25) is 0 Å². The zero-order chi connectivity index (χ0) is 20.1. The highest BCUT2D eigenvalue weighted by atomic mass is 32.2. The molecule has 0 spiro atoms. The van der Waals surface area contributed by atoms with Gasteiger partial charge in [0.25, 0.3) is 5.56 Å². The van der Waals surface area contributed by atoms with Crippen LogP contribution in [0.4, 0.5) is 0 Å². The smallest absolute Gasteiger partial charge is 0.262 e. The van der Waals surface area contributed by atoms with E-state index < -0.39 is 0 Å². The number of benzene rings is 2. The van der Waals surface area contributed by atoms with Gasteiger partial charge in [-0.3, -0.25) is 14.2 Å². The molecular formula is C23H26N2O2S. The van der Waals surface area contributed by atoms with Crippen LogP contribution in [0.25, 0.3) is 10.9 Å². The summed E-state index contributed by atoms with van der Waals surface area (Å²) in [5.74, 6) is 0.0529. The minimum absolute atomic E-state index is 0.0338. The molecular weight excluding hydrogens is 368 g/mol. The number of carbonyl (C=O) groups excluding carboxylic acids is 1. The van der Waals surface area contributed by atoms with Crippen molar-refractivity contribution in [2.45, 2.75) is 57.0 Å². The van der Waals surface area contributed by atoms with E-state index in [1.54, 1.807) is 4.57 Å². The normalized spacial score (nSPS) is 12.2. The molecule has 0 aliphatic rings. The first-order valence-corrected chi connectivity index (χ1v) is 10.7. The molecule has 0 aliphatic carbocycles. The van der Waals surface area contributed by atoms with Gasteiger partial charge in [0.2, 0.25) is 0 Å². The standard InChI is InChI=1S/C23H26N2O2S/c1-4-6-15-25-22(27)19-9-7-8-10-20(19)24-23(25)28-16(3)21(26)18-13-11-17(5-2)12-14-18/h7-14,16H,4-6,15H2,1-3H3/t16-/m0/s1.